The highest BCUT2D eigenvalue weighted by Gasteiger charge is 2.24. The third kappa shape index (κ3) is 4.17. The van der Waals surface area contributed by atoms with E-state index in [1.807, 2.05) is 12.1 Å². The van der Waals surface area contributed by atoms with Crippen LogP contribution in [0, 0.1) is 5.92 Å². The zero-order chi connectivity index (χ0) is 20.3. The summed E-state index contributed by atoms with van der Waals surface area (Å²) in [5.74, 6) is -1.41. The predicted molar refractivity (Wildman–Crippen MR) is 105 cm³/mol. The number of aromatic nitrogens is 1. The fourth-order valence-electron chi connectivity index (χ4n) is 3.01. The molecule has 1 aliphatic rings. The maximum Gasteiger partial charge on any atom is 0.411 e. The van der Waals surface area contributed by atoms with Crippen molar-refractivity contribution in [1.29, 1.82) is 0 Å². The molecular formula is C20H22N4O4. The lowest BCUT2D eigenvalue weighted by molar-refractivity contribution is -0.130. The molecule has 2 bridgehead atoms. The summed E-state index contributed by atoms with van der Waals surface area (Å²) in [6, 6.07) is 8.34. The van der Waals surface area contributed by atoms with Gasteiger partial charge in [-0.3, -0.25) is 19.9 Å². The fourth-order valence-corrected chi connectivity index (χ4v) is 3.01. The Morgan fingerprint density at radius 2 is 2.07 bits per heavy atom. The number of hydrogen-bond acceptors (Lipinski definition) is 6. The van der Waals surface area contributed by atoms with Crippen molar-refractivity contribution < 1.29 is 19.1 Å². The molecule has 0 radical (unpaired) electrons. The van der Waals surface area contributed by atoms with Gasteiger partial charge < -0.3 is 15.8 Å². The Balaban J connectivity index is 2.10. The number of fused-ring (bicyclic) bond motifs is 4. The molecule has 28 heavy (non-hydrogen) atoms. The number of carbonyl (C=O) groups is 3. The van der Waals surface area contributed by atoms with Gasteiger partial charge in [-0.2, -0.15) is 0 Å². The lowest BCUT2D eigenvalue weighted by Crippen LogP contribution is -2.28. The van der Waals surface area contributed by atoms with Gasteiger partial charge in [-0.1, -0.05) is 6.07 Å². The van der Waals surface area contributed by atoms with Gasteiger partial charge in [0.15, 0.2) is 0 Å². The summed E-state index contributed by atoms with van der Waals surface area (Å²) < 4.78 is 4.61. The highest BCUT2D eigenvalue weighted by atomic mass is 16.5. The van der Waals surface area contributed by atoms with Crippen molar-refractivity contribution in [1.82, 2.24) is 4.98 Å². The molecule has 0 unspecified atom stereocenters. The summed E-state index contributed by atoms with van der Waals surface area (Å²) in [4.78, 5) is 40.8. The first-order chi connectivity index (χ1) is 13.4. The van der Waals surface area contributed by atoms with Gasteiger partial charge >= 0.3 is 6.09 Å². The molecule has 2 atom stereocenters. The van der Waals surface area contributed by atoms with Crippen molar-refractivity contribution in [3.8, 4) is 11.1 Å². The molecule has 2 amide bonds. The van der Waals surface area contributed by atoms with Crippen LogP contribution in [0.4, 0.5) is 16.2 Å². The van der Waals surface area contributed by atoms with E-state index < -0.39 is 24.0 Å². The van der Waals surface area contributed by atoms with Crippen LogP contribution in [0.1, 0.15) is 31.5 Å². The molecule has 8 heteroatoms. The van der Waals surface area contributed by atoms with E-state index in [0.29, 0.717) is 23.5 Å². The molecule has 1 aromatic carbocycles. The number of ether oxygens (including phenoxy) is 1. The van der Waals surface area contributed by atoms with Crippen LogP contribution in [0.5, 0.6) is 0 Å². The lowest BCUT2D eigenvalue weighted by Gasteiger charge is -2.19. The number of amides is 2. The van der Waals surface area contributed by atoms with Crippen molar-refractivity contribution in [2.45, 2.75) is 25.8 Å². The topological polar surface area (TPSA) is 123 Å². The summed E-state index contributed by atoms with van der Waals surface area (Å²) >= 11 is 0. The van der Waals surface area contributed by atoms with Gasteiger partial charge in [0.2, 0.25) is 5.91 Å². The van der Waals surface area contributed by atoms with Crippen molar-refractivity contribution in [3.63, 3.8) is 0 Å². The smallest absolute Gasteiger partial charge is 0.411 e. The van der Waals surface area contributed by atoms with E-state index in [0.717, 1.165) is 11.1 Å². The Labute approximate surface area is 162 Å². The van der Waals surface area contributed by atoms with Gasteiger partial charge in [0.1, 0.15) is 5.78 Å². The van der Waals surface area contributed by atoms with E-state index >= 15 is 0 Å². The Morgan fingerprint density at radius 1 is 1.29 bits per heavy atom. The van der Waals surface area contributed by atoms with Crippen LogP contribution in [0.25, 0.3) is 11.1 Å². The molecular weight excluding hydrogens is 360 g/mol. The van der Waals surface area contributed by atoms with E-state index in [2.05, 4.69) is 20.4 Å². The van der Waals surface area contributed by atoms with Crippen LogP contribution in [-0.4, -0.2) is 29.9 Å². The first-order valence-electron chi connectivity index (χ1n) is 8.93. The Kier molecular flexibility index (Phi) is 5.70. The van der Waals surface area contributed by atoms with Gasteiger partial charge in [-0.05, 0) is 43.2 Å². The van der Waals surface area contributed by atoms with E-state index in [1.165, 1.54) is 7.11 Å². The third-order valence-corrected chi connectivity index (χ3v) is 4.76. The number of nitrogens with zero attached hydrogens (tertiary/aromatic N) is 1. The second kappa shape index (κ2) is 8.18. The van der Waals surface area contributed by atoms with Crippen LogP contribution in [0.2, 0.25) is 0 Å². The van der Waals surface area contributed by atoms with Gasteiger partial charge in [0.25, 0.3) is 0 Å². The zero-order valence-electron chi connectivity index (χ0n) is 15.7. The Morgan fingerprint density at radius 3 is 2.82 bits per heavy atom. The number of anilines is 2. The minimum absolute atomic E-state index is 0.185. The molecule has 0 saturated carbocycles. The number of ketones is 1. The largest absolute Gasteiger partial charge is 0.453 e. The number of nitrogens with two attached hydrogens (primary N) is 1. The Bertz CT molecular complexity index is 928. The average Bonchev–Trinajstić information content (AvgIpc) is 2.70. The lowest BCUT2D eigenvalue weighted by atomic mass is 9.95. The van der Waals surface area contributed by atoms with Gasteiger partial charge in [-0.25, -0.2) is 4.79 Å². The molecule has 1 aromatic heterocycles. The number of pyridine rings is 1. The minimum atomic E-state index is -0.817. The van der Waals surface area contributed by atoms with E-state index in [1.54, 1.807) is 31.3 Å². The average molecular weight is 382 g/mol. The number of Topliss-reactive ketones (excluding diaryl/α,β-unsaturated/α-hetero) is 1. The van der Waals surface area contributed by atoms with Crippen LogP contribution >= 0.6 is 0 Å². The number of methoxy groups -OCH3 is 1. The normalized spacial score (nSPS) is 19.5. The monoisotopic (exact) mass is 382 g/mol. The van der Waals surface area contributed by atoms with Gasteiger partial charge in [0.05, 0.1) is 24.4 Å². The number of hydrogen-bond donors (Lipinski definition) is 3. The molecule has 0 spiro atoms. The van der Waals surface area contributed by atoms with Crippen molar-refractivity contribution in [2.75, 3.05) is 17.7 Å². The predicted octanol–water partition coefficient (Wildman–Crippen LogP) is 2.86. The van der Waals surface area contributed by atoms with Crippen molar-refractivity contribution >= 4 is 29.2 Å². The number of nitrogens with one attached hydrogen (secondary N) is 2. The molecule has 0 aliphatic carbocycles. The maximum atomic E-state index is 12.6. The number of rotatable bonds is 1. The van der Waals surface area contributed by atoms with Gasteiger partial charge in [-0.15, -0.1) is 0 Å². The second-order valence-corrected chi connectivity index (χ2v) is 6.67. The van der Waals surface area contributed by atoms with E-state index in [-0.39, 0.29) is 12.2 Å². The Hall–Kier alpha value is -3.26. The quantitative estimate of drug-likeness (QED) is 0.652. The summed E-state index contributed by atoms with van der Waals surface area (Å²) in [7, 11) is 1.26. The SMILES string of the molecule is COC(=O)Nc1ccc2c(c1)NC(=O)[C@H](C)C(=O)CC[C@H](N)c1cc-2ccn1. The van der Waals surface area contributed by atoms with E-state index in [9.17, 15) is 14.4 Å². The van der Waals surface area contributed by atoms with Gasteiger partial charge in [0, 0.05) is 29.9 Å². The number of carbonyl (C=O) groups excluding carboxylic acids is 3. The van der Waals surface area contributed by atoms with Crippen molar-refractivity contribution in [3.05, 3.63) is 42.2 Å². The molecule has 4 N–H and O–H groups in total. The highest BCUT2D eigenvalue weighted by molar-refractivity contribution is 6.08. The molecule has 146 valence electrons. The highest BCUT2D eigenvalue weighted by Crippen LogP contribution is 2.33. The summed E-state index contributed by atoms with van der Waals surface area (Å²) in [5, 5.41) is 5.37. The minimum Gasteiger partial charge on any atom is -0.453 e. The fraction of sp³-hybridized carbons (Fsp3) is 0.300. The standard InChI is InChI=1S/C20H22N4O4/c1-11-18(25)6-5-15(21)17-9-12(7-8-22-17)14-4-3-13(23-20(27)28-2)10-16(14)24-19(11)26/h3-4,7-11,15H,5-6,21H2,1-2H3,(H,23,27)(H,24,26)/t11-,15+/m1/s1. The number of benzene rings is 1. The van der Waals surface area contributed by atoms with Crippen LogP contribution in [-0.2, 0) is 14.3 Å². The molecule has 0 saturated heterocycles. The first kappa shape index (κ1) is 19.5. The van der Waals surface area contributed by atoms with Crippen LogP contribution < -0.4 is 16.4 Å². The zero-order valence-corrected chi connectivity index (χ0v) is 15.7. The summed E-state index contributed by atoms with van der Waals surface area (Å²) in [6.07, 6.45) is 1.63. The molecule has 2 heterocycles. The third-order valence-electron chi connectivity index (χ3n) is 4.76. The second-order valence-electron chi connectivity index (χ2n) is 6.67. The van der Waals surface area contributed by atoms with Crippen LogP contribution in [0.3, 0.4) is 0 Å². The van der Waals surface area contributed by atoms with E-state index in [4.69, 9.17) is 5.73 Å². The molecule has 8 nitrogen and oxygen atoms in total. The van der Waals surface area contributed by atoms with Crippen LogP contribution in [0.15, 0.2) is 36.5 Å². The maximum absolute atomic E-state index is 12.6. The molecule has 3 rings (SSSR count). The first-order valence-corrected chi connectivity index (χ1v) is 8.93. The summed E-state index contributed by atoms with van der Waals surface area (Å²) in [6.45, 7) is 1.57. The molecule has 0 fully saturated rings. The molecule has 2 aromatic rings. The summed E-state index contributed by atoms with van der Waals surface area (Å²) in [5.41, 5.74) is 9.32. The molecule has 1 aliphatic heterocycles. The van der Waals surface area contributed by atoms with Crippen molar-refractivity contribution in [2.24, 2.45) is 11.7 Å².